The number of ether oxygens (including phenoxy) is 1. The van der Waals surface area contributed by atoms with E-state index in [1.165, 1.54) is 6.20 Å². The quantitative estimate of drug-likeness (QED) is 0.703. The molecule has 0 saturated heterocycles. The summed E-state index contributed by atoms with van der Waals surface area (Å²) in [5.41, 5.74) is 5.11. The van der Waals surface area contributed by atoms with Crippen molar-refractivity contribution in [3.05, 3.63) is 18.1 Å². The molecule has 1 aromatic heterocycles. The fourth-order valence-corrected chi connectivity index (χ4v) is 0.625. The zero-order valence-electron chi connectivity index (χ0n) is 6.12. The molecule has 0 atom stereocenters. The van der Waals surface area contributed by atoms with Gasteiger partial charge >= 0.3 is 0 Å². The summed E-state index contributed by atoms with van der Waals surface area (Å²) in [6.07, 6.45) is 1.26. The van der Waals surface area contributed by atoms with E-state index < -0.39 is 5.82 Å². The van der Waals surface area contributed by atoms with Gasteiger partial charge in [-0.2, -0.15) is 5.26 Å². The molecule has 62 valence electrons. The Bertz CT molecular complexity index is 321. The molecule has 1 heterocycles. The van der Waals surface area contributed by atoms with Gasteiger partial charge in [-0.25, -0.2) is 9.37 Å². The monoisotopic (exact) mass is 167 g/mol. The van der Waals surface area contributed by atoms with E-state index in [1.807, 2.05) is 0 Å². The third-order valence-electron chi connectivity index (χ3n) is 1.15. The molecule has 0 spiro atoms. The van der Waals surface area contributed by atoms with Crippen LogP contribution < -0.4 is 10.5 Å². The molecule has 0 aliphatic heterocycles. The van der Waals surface area contributed by atoms with E-state index in [0.717, 1.165) is 6.07 Å². The highest BCUT2D eigenvalue weighted by atomic mass is 19.1. The molecule has 0 fully saturated rings. The van der Waals surface area contributed by atoms with Crippen molar-refractivity contribution in [1.29, 1.82) is 5.26 Å². The summed E-state index contributed by atoms with van der Waals surface area (Å²) in [4.78, 5) is 3.50. The van der Waals surface area contributed by atoms with E-state index in [0.29, 0.717) is 0 Å². The summed E-state index contributed by atoms with van der Waals surface area (Å²) in [7, 11) is 0. The van der Waals surface area contributed by atoms with Crippen molar-refractivity contribution < 1.29 is 9.13 Å². The van der Waals surface area contributed by atoms with Gasteiger partial charge in [0.25, 0.3) is 0 Å². The van der Waals surface area contributed by atoms with Crippen LogP contribution in [0, 0.1) is 17.1 Å². The summed E-state index contributed by atoms with van der Waals surface area (Å²) in [5.74, 6) is -0.631. The Kier molecular flexibility index (Phi) is 2.43. The van der Waals surface area contributed by atoms with Gasteiger partial charge in [0, 0.05) is 6.07 Å². The minimum atomic E-state index is -0.648. The van der Waals surface area contributed by atoms with Crippen molar-refractivity contribution in [2.75, 3.05) is 12.3 Å². The lowest BCUT2D eigenvalue weighted by Crippen LogP contribution is -1.98. The number of hydrogen-bond acceptors (Lipinski definition) is 4. The zero-order chi connectivity index (χ0) is 8.97. The Balaban J connectivity index is 2.77. The van der Waals surface area contributed by atoms with Gasteiger partial charge in [0.15, 0.2) is 18.2 Å². The van der Waals surface area contributed by atoms with Crippen molar-refractivity contribution in [2.45, 2.75) is 0 Å². The van der Waals surface area contributed by atoms with Crippen LogP contribution in [0.3, 0.4) is 0 Å². The third kappa shape index (κ3) is 1.83. The van der Waals surface area contributed by atoms with E-state index in [2.05, 4.69) is 4.98 Å². The van der Waals surface area contributed by atoms with Crippen molar-refractivity contribution in [3.8, 4) is 11.8 Å². The second-order valence-electron chi connectivity index (χ2n) is 1.98. The van der Waals surface area contributed by atoms with Crippen LogP contribution in [0.1, 0.15) is 0 Å². The van der Waals surface area contributed by atoms with Crippen molar-refractivity contribution >= 4 is 5.82 Å². The number of anilines is 1. The van der Waals surface area contributed by atoms with Gasteiger partial charge in [-0.05, 0) is 0 Å². The molecule has 0 aliphatic rings. The highest BCUT2D eigenvalue weighted by Crippen LogP contribution is 2.14. The Morgan fingerprint density at radius 3 is 3.08 bits per heavy atom. The minimum absolute atomic E-state index is 0.134. The molecule has 0 radical (unpaired) electrons. The van der Waals surface area contributed by atoms with Crippen LogP contribution in [0.4, 0.5) is 10.2 Å². The van der Waals surface area contributed by atoms with Gasteiger partial charge in [-0.1, -0.05) is 0 Å². The Morgan fingerprint density at radius 1 is 1.75 bits per heavy atom. The Morgan fingerprint density at radius 2 is 2.50 bits per heavy atom. The number of halogens is 1. The molecular weight excluding hydrogens is 161 g/mol. The second-order valence-corrected chi connectivity index (χ2v) is 1.98. The van der Waals surface area contributed by atoms with Crippen LogP contribution in [0.5, 0.6) is 5.75 Å². The van der Waals surface area contributed by atoms with Gasteiger partial charge in [0.1, 0.15) is 11.8 Å². The number of aromatic nitrogens is 1. The molecule has 4 nitrogen and oxygen atoms in total. The molecular formula is C7H6FN3O. The van der Waals surface area contributed by atoms with Crippen LogP contribution in [-0.4, -0.2) is 11.6 Å². The fourth-order valence-electron chi connectivity index (χ4n) is 0.625. The molecule has 2 N–H and O–H groups in total. The van der Waals surface area contributed by atoms with Gasteiger partial charge in [0.2, 0.25) is 0 Å². The van der Waals surface area contributed by atoms with Crippen molar-refractivity contribution in [2.24, 2.45) is 0 Å². The van der Waals surface area contributed by atoms with E-state index >= 15 is 0 Å². The van der Waals surface area contributed by atoms with Gasteiger partial charge in [0.05, 0.1) is 6.20 Å². The first-order valence-corrected chi connectivity index (χ1v) is 3.15. The summed E-state index contributed by atoms with van der Waals surface area (Å²) < 4.78 is 17.4. The SMILES string of the molecule is N#CCOc1cnc(N)c(F)c1. The molecule has 1 aromatic rings. The van der Waals surface area contributed by atoms with Crippen LogP contribution >= 0.6 is 0 Å². The lowest BCUT2D eigenvalue weighted by Gasteiger charge is -2.00. The highest BCUT2D eigenvalue weighted by Gasteiger charge is 2.01. The number of nitrogen functional groups attached to an aromatic ring is 1. The summed E-state index contributed by atoms with van der Waals surface area (Å²) in [5, 5.41) is 8.14. The first-order valence-electron chi connectivity index (χ1n) is 3.15. The van der Waals surface area contributed by atoms with Gasteiger partial charge in [-0.15, -0.1) is 0 Å². The predicted octanol–water partition coefficient (Wildman–Crippen LogP) is 0.705. The average Bonchev–Trinajstić information content (AvgIpc) is 2.07. The Labute approximate surface area is 68.4 Å². The number of nitrogens with two attached hydrogens (primary N) is 1. The maximum Gasteiger partial charge on any atom is 0.174 e. The van der Waals surface area contributed by atoms with Crippen LogP contribution in [0.15, 0.2) is 12.3 Å². The summed E-state index contributed by atoms with van der Waals surface area (Å²) in [6, 6.07) is 2.83. The topological polar surface area (TPSA) is 71.9 Å². The molecule has 1 rings (SSSR count). The maximum absolute atomic E-state index is 12.7. The maximum atomic E-state index is 12.7. The Hall–Kier alpha value is -1.83. The normalized spacial score (nSPS) is 9.00. The third-order valence-corrected chi connectivity index (χ3v) is 1.15. The van der Waals surface area contributed by atoms with Gasteiger partial charge in [-0.3, -0.25) is 0 Å². The van der Waals surface area contributed by atoms with E-state index in [9.17, 15) is 4.39 Å². The second kappa shape index (κ2) is 3.53. The number of rotatable bonds is 2. The fraction of sp³-hybridized carbons (Fsp3) is 0.143. The zero-order valence-corrected chi connectivity index (χ0v) is 6.12. The molecule has 0 aromatic carbocycles. The first kappa shape index (κ1) is 8.27. The van der Waals surface area contributed by atoms with E-state index in [1.54, 1.807) is 6.07 Å². The molecule has 0 bridgehead atoms. The van der Waals surface area contributed by atoms with Gasteiger partial charge < -0.3 is 10.5 Å². The van der Waals surface area contributed by atoms with Crippen LogP contribution in [0.2, 0.25) is 0 Å². The first-order chi connectivity index (χ1) is 5.74. The van der Waals surface area contributed by atoms with Crippen molar-refractivity contribution in [1.82, 2.24) is 4.98 Å². The van der Waals surface area contributed by atoms with Crippen molar-refractivity contribution in [3.63, 3.8) is 0 Å². The molecule has 0 amide bonds. The molecule has 0 aliphatic carbocycles. The summed E-state index contributed by atoms with van der Waals surface area (Å²) >= 11 is 0. The lowest BCUT2D eigenvalue weighted by molar-refractivity contribution is 0.364. The highest BCUT2D eigenvalue weighted by molar-refractivity contribution is 5.34. The minimum Gasteiger partial charge on any atom is -0.477 e. The molecule has 12 heavy (non-hydrogen) atoms. The number of nitrogens with zero attached hydrogens (tertiary/aromatic N) is 2. The van der Waals surface area contributed by atoms with Crippen LogP contribution in [-0.2, 0) is 0 Å². The van der Waals surface area contributed by atoms with Crippen LogP contribution in [0.25, 0.3) is 0 Å². The number of nitriles is 1. The smallest absolute Gasteiger partial charge is 0.174 e. The standard InChI is InChI=1S/C7H6FN3O/c8-6-3-5(12-2-1-9)4-11-7(6)10/h3-4H,2H2,(H2,10,11). The predicted molar refractivity (Wildman–Crippen MR) is 39.7 cm³/mol. The molecule has 0 unspecified atom stereocenters. The summed E-state index contributed by atoms with van der Waals surface area (Å²) in [6.45, 7) is -0.134. The number of hydrogen-bond donors (Lipinski definition) is 1. The number of pyridine rings is 1. The molecule has 0 saturated carbocycles. The van der Waals surface area contributed by atoms with E-state index in [-0.39, 0.29) is 18.2 Å². The molecule has 5 heteroatoms. The van der Waals surface area contributed by atoms with E-state index in [4.69, 9.17) is 15.7 Å². The largest absolute Gasteiger partial charge is 0.477 e. The average molecular weight is 167 g/mol. The lowest BCUT2D eigenvalue weighted by atomic mass is 10.4.